The topological polar surface area (TPSA) is 71.5 Å². The zero-order valence-electron chi connectivity index (χ0n) is 19.1. The van der Waals surface area contributed by atoms with Gasteiger partial charge in [0.2, 0.25) is 5.75 Å². The number of alkyl halides is 3. The Kier molecular flexibility index (Phi) is 9.36. The summed E-state index contributed by atoms with van der Waals surface area (Å²) in [6.45, 7) is 3.88. The van der Waals surface area contributed by atoms with E-state index < -0.39 is 12.1 Å². The smallest absolute Gasteiger partial charge is 0.490 e. The second-order valence-corrected chi connectivity index (χ2v) is 7.46. The van der Waals surface area contributed by atoms with Gasteiger partial charge in [0.15, 0.2) is 11.5 Å². The molecule has 1 aliphatic rings. The standard InChI is InChI=1S/C21H28N2O3.C2HF3O2/c1-22-12-13-23(18(15-22)16-8-6-5-7-9-16)14-17-10-11-19(24-2)21(26-4)20(17)25-3;3-2(4,5)1(6)7/h5-11,18H,12-15H2,1-4H3;(H,6,7)/t18-;/m1./s1. The molecule has 2 aromatic rings. The molecule has 1 N–H and O–H groups in total. The Labute approximate surface area is 191 Å². The molecule has 0 saturated carbocycles. The second-order valence-electron chi connectivity index (χ2n) is 7.46. The van der Waals surface area contributed by atoms with Crippen LogP contribution < -0.4 is 14.2 Å². The molecule has 0 amide bonds. The molecular weight excluding hydrogens is 441 g/mol. The van der Waals surface area contributed by atoms with E-state index in [-0.39, 0.29) is 0 Å². The zero-order chi connectivity index (χ0) is 24.6. The summed E-state index contributed by atoms with van der Waals surface area (Å²) in [5, 5.41) is 7.12. The molecule has 0 radical (unpaired) electrons. The normalized spacial score (nSPS) is 17.0. The van der Waals surface area contributed by atoms with Gasteiger partial charge in [0.05, 0.1) is 21.3 Å². The zero-order valence-corrected chi connectivity index (χ0v) is 19.1. The van der Waals surface area contributed by atoms with Crippen LogP contribution >= 0.6 is 0 Å². The van der Waals surface area contributed by atoms with Gasteiger partial charge in [0.1, 0.15) is 0 Å². The van der Waals surface area contributed by atoms with Gasteiger partial charge < -0.3 is 24.2 Å². The highest BCUT2D eigenvalue weighted by molar-refractivity contribution is 5.73. The first-order valence-corrected chi connectivity index (χ1v) is 10.2. The third-order valence-electron chi connectivity index (χ3n) is 5.28. The van der Waals surface area contributed by atoms with E-state index in [4.69, 9.17) is 24.1 Å². The van der Waals surface area contributed by atoms with E-state index in [1.54, 1.807) is 21.3 Å². The third kappa shape index (κ3) is 7.00. The molecular formula is C23H29F3N2O5. The second kappa shape index (κ2) is 11.8. The summed E-state index contributed by atoms with van der Waals surface area (Å²) in [6.07, 6.45) is -5.08. The maximum Gasteiger partial charge on any atom is 0.490 e. The molecule has 0 aliphatic carbocycles. The Balaban J connectivity index is 0.000000479. The van der Waals surface area contributed by atoms with Crippen molar-refractivity contribution in [2.75, 3.05) is 48.0 Å². The lowest BCUT2D eigenvalue weighted by atomic mass is 10.0. The molecule has 0 bridgehead atoms. The average Bonchev–Trinajstić information content (AvgIpc) is 2.80. The molecule has 1 aliphatic heterocycles. The number of likely N-dealkylation sites (N-methyl/N-ethyl adjacent to an activating group) is 1. The minimum Gasteiger partial charge on any atom is -0.493 e. The SMILES string of the molecule is COc1ccc(CN2CCN(C)C[C@@H]2c2ccccc2)c(OC)c1OC.O=C(O)C(F)(F)F. The predicted octanol–water partition coefficient (Wildman–Crippen LogP) is 3.83. The minimum absolute atomic E-state index is 0.354. The van der Waals surface area contributed by atoms with Crippen LogP contribution in [0, 0.1) is 0 Å². The quantitative estimate of drug-likeness (QED) is 0.688. The summed E-state index contributed by atoms with van der Waals surface area (Å²) >= 11 is 0. The lowest BCUT2D eigenvalue weighted by Crippen LogP contribution is -2.46. The first kappa shape index (κ1) is 26.3. The highest BCUT2D eigenvalue weighted by atomic mass is 19.4. The van der Waals surface area contributed by atoms with E-state index in [9.17, 15) is 13.2 Å². The fourth-order valence-corrected chi connectivity index (χ4v) is 3.64. The van der Waals surface area contributed by atoms with Crippen LogP contribution in [0.2, 0.25) is 0 Å². The highest BCUT2D eigenvalue weighted by Gasteiger charge is 2.38. The van der Waals surface area contributed by atoms with Crippen molar-refractivity contribution in [1.82, 2.24) is 9.80 Å². The lowest BCUT2D eigenvalue weighted by Gasteiger charge is -2.40. The van der Waals surface area contributed by atoms with Crippen molar-refractivity contribution in [1.29, 1.82) is 0 Å². The largest absolute Gasteiger partial charge is 0.493 e. The molecule has 10 heteroatoms. The van der Waals surface area contributed by atoms with Gasteiger partial charge in [-0.1, -0.05) is 36.4 Å². The Bertz CT molecular complexity index is 909. The first-order chi connectivity index (χ1) is 15.6. The van der Waals surface area contributed by atoms with Gasteiger partial charge in [-0.2, -0.15) is 13.2 Å². The van der Waals surface area contributed by atoms with Crippen molar-refractivity contribution in [2.45, 2.75) is 18.8 Å². The number of ether oxygens (including phenoxy) is 3. The van der Waals surface area contributed by atoms with Crippen molar-refractivity contribution < 1.29 is 37.3 Å². The summed E-state index contributed by atoms with van der Waals surface area (Å²) in [4.78, 5) is 13.8. The summed E-state index contributed by atoms with van der Waals surface area (Å²) < 4.78 is 48.4. The van der Waals surface area contributed by atoms with E-state index in [0.29, 0.717) is 17.5 Å². The van der Waals surface area contributed by atoms with Crippen molar-refractivity contribution >= 4 is 5.97 Å². The van der Waals surface area contributed by atoms with Crippen molar-refractivity contribution in [3.05, 3.63) is 53.6 Å². The number of carboxylic acids is 1. The van der Waals surface area contributed by atoms with E-state index in [2.05, 4.69) is 53.2 Å². The molecule has 0 aromatic heterocycles. The molecule has 1 atom stereocenters. The minimum atomic E-state index is -5.08. The fraction of sp³-hybridized carbons (Fsp3) is 0.435. The number of nitrogens with zero attached hydrogens (tertiary/aromatic N) is 2. The number of methoxy groups -OCH3 is 3. The molecule has 7 nitrogen and oxygen atoms in total. The summed E-state index contributed by atoms with van der Waals surface area (Å²) in [6, 6.07) is 15.1. The Morgan fingerprint density at radius 1 is 1.00 bits per heavy atom. The summed E-state index contributed by atoms with van der Waals surface area (Å²) in [7, 11) is 7.15. The van der Waals surface area contributed by atoms with Crippen LogP contribution in [0.1, 0.15) is 17.2 Å². The van der Waals surface area contributed by atoms with Gasteiger partial charge in [-0.15, -0.1) is 0 Å². The molecule has 1 saturated heterocycles. The van der Waals surface area contributed by atoms with Crippen LogP contribution in [0.25, 0.3) is 0 Å². The molecule has 3 rings (SSSR count). The van der Waals surface area contributed by atoms with Gasteiger partial charge in [0, 0.05) is 37.8 Å². The number of aliphatic carboxylic acids is 1. The number of carboxylic acid groups (broad SMARTS) is 1. The van der Waals surface area contributed by atoms with Crippen molar-refractivity contribution in [3.63, 3.8) is 0 Å². The average molecular weight is 470 g/mol. The molecule has 33 heavy (non-hydrogen) atoms. The molecule has 1 fully saturated rings. The Morgan fingerprint density at radius 3 is 2.12 bits per heavy atom. The van der Waals surface area contributed by atoms with Gasteiger partial charge >= 0.3 is 12.1 Å². The van der Waals surface area contributed by atoms with Crippen LogP contribution in [0.4, 0.5) is 13.2 Å². The summed E-state index contributed by atoms with van der Waals surface area (Å²) in [5.41, 5.74) is 2.45. The van der Waals surface area contributed by atoms with E-state index in [1.165, 1.54) is 5.56 Å². The number of benzene rings is 2. The number of rotatable bonds is 6. The van der Waals surface area contributed by atoms with Crippen molar-refractivity contribution in [3.8, 4) is 17.2 Å². The van der Waals surface area contributed by atoms with Gasteiger partial charge in [-0.25, -0.2) is 4.79 Å². The van der Waals surface area contributed by atoms with Crippen LogP contribution in [-0.2, 0) is 11.3 Å². The Hall–Kier alpha value is -2.98. The van der Waals surface area contributed by atoms with Crippen LogP contribution in [0.3, 0.4) is 0 Å². The molecule has 182 valence electrons. The number of hydrogen-bond acceptors (Lipinski definition) is 6. The van der Waals surface area contributed by atoms with Gasteiger partial charge in [-0.05, 0) is 18.7 Å². The van der Waals surface area contributed by atoms with E-state index in [0.717, 1.165) is 37.5 Å². The highest BCUT2D eigenvalue weighted by Crippen LogP contribution is 2.41. The maximum absolute atomic E-state index is 10.6. The van der Waals surface area contributed by atoms with Crippen LogP contribution in [-0.4, -0.2) is 75.1 Å². The van der Waals surface area contributed by atoms with E-state index >= 15 is 0 Å². The first-order valence-electron chi connectivity index (χ1n) is 10.2. The molecule has 0 unspecified atom stereocenters. The fourth-order valence-electron chi connectivity index (χ4n) is 3.64. The van der Waals surface area contributed by atoms with Crippen molar-refractivity contribution in [2.24, 2.45) is 0 Å². The lowest BCUT2D eigenvalue weighted by molar-refractivity contribution is -0.192. The monoisotopic (exact) mass is 470 g/mol. The maximum atomic E-state index is 10.6. The number of hydrogen-bond donors (Lipinski definition) is 1. The van der Waals surface area contributed by atoms with Gasteiger partial charge in [-0.3, -0.25) is 4.90 Å². The number of halogens is 3. The number of piperazine rings is 1. The molecule has 2 aromatic carbocycles. The van der Waals surface area contributed by atoms with Crippen LogP contribution in [0.15, 0.2) is 42.5 Å². The third-order valence-corrected chi connectivity index (χ3v) is 5.28. The van der Waals surface area contributed by atoms with Gasteiger partial charge in [0.25, 0.3) is 0 Å². The van der Waals surface area contributed by atoms with Crippen LogP contribution in [0.5, 0.6) is 17.2 Å². The predicted molar refractivity (Wildman–Crippen MR) is 117 cm³/mol. The summed E-state index contributed by atoms with van der Waals surface area (Å²) in [5.74, 6) is -0.672. The Morgan fingerprint density at radius 2 is 1.61 bits per heavy atom. The molecule has 1 heterocycles. The number of carbonyl (C=O) groups is 1. The van der Waals surface area contributed by atoms with E-state index in [1.807, 2.05) is 6.07 Å². The molecule has 0 spiro atoms.